The number of benzene rings is 4. The van der Waals surface area contributed by atoms with Crippen LogP contribution in [-0.4, -0.2) is 60.7 Å². The van der Waals surface area contributed by atoms with Gasteiger partial charge in [0.15, 0.2) is 0 Å². The Hall–Kier alpha value is -4.27. The van der Waals surface area contributed by atoms with Gasteiger partial charge in [0.05, 0.1) is 22.1 Å². The van der Waals surface area contributed by atoms with E-state index in [4.69, 9.17) is 19.2 Å². The first-order valence-electron chi connectivity index (χ1n) is 15.9. The molecular formula is C38H39N3O3Si-. The van der Waals surface area contributed by atoms with Crippen molar-refractivity contribution in [3.63, 3.8) is 0 Å². The minimum absolute atomic E-state index is 0.599. The summed E-state index contributed by atoms with van der Waals surface area (Å²) < 4.78 is 23.1. The fourth-order valence-corrected chi connectivity index (χ4v) is 9.96. The molecule has 0 aliphatic rings. The van der Waals surface area contributed by atoms with E-state index >= 15 is 0 Å². The molecule has 0 N–H and O–H groups in total. The topological polar surface area (TPSA) is 50.4 Å². The molecule has 3 aromatic heterocycles. The third-order valence-corrected chi connectivity index (χ3v) is 12.4. The predicted molar refractivity (Wildman–Crippen MR) is 188 cm³/mol. The van der Waals surface area contributed by atoms with E-state index in [2.05, 4.69) is 118 Å². The van der Waals surface area contributed by atoms with E-state index in [1.807, 2.05) is 20.8 Å². The van der Waals surface area contributed by atoms with Gasteiger partial charge in [-0.1, -0.05) is 78.1 Å². The maximum absolute atomic E-state index is 6.12. The molecule has 0 saturated carbocycles. The average Bonchev–Trinajstić information content (AvgIpc) is 3.61. The van der Waals surface area contributed by atoms with Crippen LogP contribution in [0.5, 0.6) is 0 Å². The number of ether oxygens (including phenoxy) is 3. The lowest BCUT2D eigenvalue weighted by molar-refractivity contribution is 0.141. The third kappa shape index (κ3) is 5.06. The molecule has 0 aliphatic carbocycles. The second-order valence-corrected chi connectivity index (χ2v) is 15.4. The van der Waals surface area contributed by atoms with Gasteiger partial charge in [-0.25, -0.2) is 0 Å². The lowest BCUT2D eigenvalue weighted by Crippen LogP contribution is -2.62. The summed E-state index contributed by atoms with van der Waals surface area (Å²) in [4.78, 5) is 5.48. The van der Waals surface area contributed by atoms with E-state index in [0.717, 1.165) is 27.9 Å². The molecule has 45 heavy (non-hydrogen) atoms. The Labute approximate surface area is 264 Å². The Kier molecular flexibility index (Phi) is 8.25. The van der Waals surface area contributed by atoms with Gasteiger partial charge in [-0.15, -0.1) is 0 Å². The molecule has 7 heteroatoms. The first-order valence-corrected chi connectivity index (χ1v) is 18.5. The van der Waals surface area contributed by atoms with E-state index in [0.29, 0.717) is 38.5 Å². The van der Waals surface area contributed by atoms with Crippen LogP contribution in [0.1, 0.15) is 20.8 Å². The molecule has 0 radical (unpaired) electrons. The number of fused-ring (bicyclic) bond motifs is 7. The summed E-state index contributed by atoms with van der Waals surface area (Å²) in [7, 11) is -2.45. The zero-order valence-electron chi connectivity index (χ0n) is 26.2. The number of pyridine rings is 1. The predicted octanol–water partition coefficient (Wildman–Crippen LogP) is 7.66. The Bertz CT molecular complexity index is 2080. The molecule has 3 heterocycles. The molecule has 229 valence electrons. The quantitative estimate of drug-likeness (QED) is 0.133. The Morgan fingerprint density at radius 1 is 0.533 bits per heavy atom. The van der Waals surface area contributed by atoms with E-state index < -0.39 is 8.07 Å². The maximum atomic E-state index is 6.12. The normalized spacial score (nSPS) is 12.2. The van der Waals surface area contributed by atoms with Crippen molar-refractivity contribution < 1.29 is 14.2 Å². The molecule has 7 aromatic rings. The van der Waals surface area contributed by atoms with Gasteiger partial charge < -0.3 is 18.8 Å². The van der Waals surface area contributed by atoms with Crippen LogP contribution >= 0.6 is 0 Å². The largest absolute Gasteiger partial charge is 0.414 e. The van der Waals surface area contributed by atoms with Gasteiger partial charge in [-0.3, -0.25) is 9.55 Å². The van der Waals surface area contributed by atoms with Crippen molar-refractivity contribution >= 4 is 57.0 Å². The lowest BCUT2D eigenvalue weighted by atomic mass is 10.1. The highest BCUT2D eigenvalue weighted by Crippen LogP contribution is 2.41. The number of para-hydroxylation sites is 3. The van der Waals surface area contributed by atoms with Crippen molar-refractivity contribution in [1.82, 2.24) is 14.1 Å². The van der Waals surface area contributed by atoms with Crippen LogP contribution in [0.3, 0.4) is 0 Å². The number of rotatable bonds is 12. The summed E-state index contributed by atoms with van der Waals surface area (Å²) >= 11 is 0. The Balaban J connectivity index is 1.55. The highest BCUT2D eigenvalue weighted by molar-refractivity contribution is 6.91. The van der Waals surface area contributed by atoms with E-state index in [1.54, 1.807) is 0 Å². The van der Waals surface area contributed by atoms with Crippen LogP contribution in [0.2, 0.25) is 0 Å². The van der Waals surface area contributed by atoms with Crippen molar-refractivity contribution in [1.29, 1.82) is 0 Å². The summed E-state index contributed by atoms with van der Waals surface area (Å²) in [6.07, 6.45) is 1.80. The second-order valence-electron chi connectivity index (χ2n) is 11.5. The standard InChI is InChI=1S/C38H39N3O3Si/c1-4-42-25-45(26-43-5-2,27-44-6-3)36-22-14-21-35(39-36)41-32-19-12-10-17-29(32)30-23-24-34-37(38(30)41)31-18-11-13-20-33(31)40(34)28-15-8-7-9-16-28/h7-24H,4-6,25-27H2,1-3H3/q-1. The Morgan fingerprint density at radius 2 is 1.13 bits per heavy atom. The molecule has 0 bridgehead atoms. The molecule has 0 saturated heterocycles. The molecular weight excluding hydrogens is 575 g/mol. The average molecular weight is 614 g/mol. The van der Waals surface area contributed by atoms with Crippen molar-refractivity contribution in [3.05, 3.63) is 109 Å². The molecule has 0 spiro atoms. The lowest BCUT2D eigenvalue weighted by Gasteiger charge is -2.41. The van der Waals surface area contributed by atoms with Crippen LogP contribution in [0.25, 0.3) is 55.1 Å². The van der Waals surface area contributed by atoms with E-state index in [9.17, 15) is 0 Å². The van der Waals surface area contributed by atoms with Crippen molar-refractivity contribution in [2.75, 3.05) is 38.5 Å². The highest BCUT2D eigenvalue weighted by atomic mass is 28.3. The second kappa shape index (κ2) is 12.6. The summed E-state index contributed by atoms with van der Waals surface area (Å²) in [6, 6.07) is 39.0. The number of hydrogen-bond donors (Lipinski definition) is 0. The van der Waals surface area contributed by atoms with Gasteiger partial charge >= 0.3 is 0 Å². The minimum atomic E-state index is -2.45. The Morgan fingerprint density at radius 3 is 1.80 bits per heavy atom. The van der Waals surface area contributed by atoms with Gasteiger partial charge in [-0.05, 0) is 83.9 Å². The summed E-state index contributed by atoms with van der Waals surface area (Å²) in [5, 5.41) is 5.90. The highest BCUT2D eigenvalue weighted by Gasteiger charge is 2.27. The first kappa shape index (κ1) is 29.4. The van der Waals surface area contributed by atoms with Crippen molar-refractivity contribution in [3.8, 4) is 11.5 Å². The zero-order valence-corrected chi connectivity index (χ0v) is 27.2. The van der Waals surface area contributed by atoms with Gasteiger partial charge in [0, 0.05) is 47.1 Å². The summed E-state index contributed by atoms with van der Waals surface area (Å²) in [5.41, 5.74) is 5.79. The molecule has 0 aliphatic heterocycles. The third-order valence-electron chi connectivity index (χ3n) is 8.74. The van der Waals surface area contributed by atoms with Crippen LogP contribution in [0.15, 0.2) is 109 Å². The number of nitrogens with zero attached hydrogens (tertiary/aromatic N) is 3. The van der Waals surface area contributed by atoms with Crippen LogP contribution < -0.4 is 5.32 Å². The van der Waals surface area contributed by atoms with Crippen LogP contribution in [0, 0.1) is 0 Å². The van der Waals surface area contributed by atoms with E-state index in [-0.39, 0.29) is 0 Å². The smallest absolute Gasteiger partial charge is 0.134 e. The zero-order chi connectivity index (χ0) is 30.8. The molecule has 7 rings (SSSR count). The first-order chi connectivity index (χ1) is 22.2. The van der Waals surface area contributed by atoms with Gasteiger partial charge in [-0.2, -0.15) is 0 Å². The summed E-state index contributed by atoms with van der Waals surface area (Å²) in [6.45, 7) is 8.05. The van der Waals surface area contributed by atoms with Gasteiger partial charge in [0.1, 0.15) is 5.82 Å². The molecule has 6 nitrogen and oxygen atoms in total. The van der Waals surface area contributed by atoms with Crippen molar-refractivity contribution in [2.45, 2.75) is 20.8 Å². The fraction of sp³-hybridized carbons (Fsp3) is 0.237. The SMILES string of the molecule is CCOC[Si-](COCC)(COCC)c1cccc(-n2c3ccccc3c3ccc4c(c5ccccc5n4-c4ccccc4)c32)n1. The monoisotopic (exact) mass is 613 g/mol. The summed E-state index contributed by atoms with van der Waals surface area (Å²) in [5.74, 6) is 0.893. The van der Waals surface area contributed by atoms with Crippen LogP contribution in [0.4, 0.5) is 0 Å². The molecule has 0 amide bonds. The molecule has 0 fully saturated rings. The van der Waals surface area contributed by atoms with Gasteiger partial charge in [0.2, 0.25) is 0 Å². The van der Waals surface area contributed by atoms with Gasteiger partial charge in [0.25, 0.3) is 0 Å². The molecule has 0 atom stereocenters. The maximum Gasteiger partial charge on any atom is 0.134 e. The van der Waals surface area contributed by atoms with E-state index in [1.165, 1.54) is 32.6 Å². The van der Waals surface area contributed by atoms with Crippen LogP contribution in [-0.2, 0) is 14.2 Å². The minimum Gasteiger partial charge on any atom is -0.414 e. The number of hydrogen-bond acceptors (Lipinski definition) is 4. The molecule has 0 unspecified atom stereocenters. The molecule has 4 aromatic carbocycles. The van der Waals surface area contributed by atoms with Crippen molar-refractivity contribution in [2.24, 2.45) is 0 Å². The number of aromatic nitrogens is 3. The fourth-order valence-electron chi connectivity index (χ4n) is 6.68.